The molecule has 21 heavy (non-hydrogen) atoms. The number of para-hydroxylation sites is 1. The summed E-state index contributed by atoms with van der Waals surface area (Å²) in [6.07, 6.45) is -0.688. The summed E-state index contributed by atoms with van der Waals surface area (Å²) in [4.78, 5) is 0.919. The van der Waals surface area contributed by atoms with Crippen LogP contribution in [0.4, 0.5) is 4.39 Å². The van der Waals surface area contributed by atoms with Gasteiger partial charge in [-0.1, -0.05) is 18.2 Å². The fourth-order valence-corrected chi connectivity index (χ4v) is 3.02. The van der Waals surface area contributed by atoms with Crippen LogP contribution >= 0.6 is 11.8 Å². The second kappa shape index (κ2) is 5.92. The maximum Gasteiger partial charge on any atom is 0.137 e. The molecule has 3 rings (SSSR count). The van der Waals surface area contributed by atoms with E-state index in [1.54, 1.807) is 12.1 Å². The van der Waals surface area contributed by atoms with Gasteiger partial charge in [-0.25, -0.2) is 4.39 Å². The topological polar surface area (TPSA) is 33.4 Å². The number of rotatable bonds is 4. The summed E-state index contributed by atoms with van der Waals surface area (Å²) in [6.45, 7) is 1.98. The van der Waals surface area contributed by atoms with Crippen LogP contribution in [0.5, 0.6) is 0 Å². The van der Waals surface area contributed by atoms with Gasteiger partial charge in [-0.2, -0.15) is 0 Å². The zero-order valence-electron chi connectivity index (χ0n) is 11.5. The van der Waals surface area contributed by atoms with Crippen molar-refractivity contribution in [2.45, 2.75) is 17.9 Å². The summed E-state index contributed by atoms with van der Waals surface area (Å²) in [5, 5.41) is 11.2. The Balaban J connectivity index is 1.73. The Morgan fingerprint density at radius 2 is 1.95 bits per heavy atom. The standard InChI is InChI=1S/C17H15FO2S/c1-11-3-2-4-12-9-16(20-17(11)12)15(19)10-21-14-7-5-13(18)6-8-14/h2-9,15,19H,10H2,1H3. The van der Waals surface area contributed by atoms with Crippen LogP contribution in [0.25, 0.3) is 11.0 Å². The van der Waals surface area contributed by atoms with Gasteiger partial charge in [0, 0.05) is 16.0 Å². The highest BCUT2D eigenvalue weighted by Crippen LogP contribution is 2.30. The van der Waals surface area contributed by atoms with Gasteiger partial charge < -0.3 is 9.52 Å². The van der Waals surface area contributed by atoms with E-state index in [1.807, 2.05) is 31.2 Å². The Bertz CT molecular complexity index is 749. The summed E-state index contributed by atoms with van der Waals surface area (Å²) in [7, 11) is 0. The molecule has 1 aromatic heterocycles. The van der Waals surface area contributed by atoms with E-state index in [-0.39, 0.29) is 5.82 Å². The van der Waals surface area contributed by atoms with Gasteiger partial charge in [-0.3, -0.25) is 0 Å². The molecule has 0 aliphatic rings. The highest BCUT2D eigenvalue weighted by atomic mass is 32.2. The van der Waals surface area contributed by atoms with Crippen LogP contribution in [0.15, 0.2) is 57.8 Å². The average molecular weight is 302 g/mol. The van der Waals surface area contributed by atoms with Gasteiger partial charge in [0.25, 0.3) is 0 Å². The molecule has 0 amide bonds. The molecule has 0 radical (unpaired) electrons. The number of benzene rings is 2. The zero-order valence-corrected chi connectivity index (χ0v) is 12.4. The molecule has 1 unspecified atom stereocenters. The number of hydrogen-bond donors (Lipinski definition) is 1. The van der Waals surface area contributed by atoms with Gasteiger partial charge in [0.1, 0.15) is 23.3 Å². The molecular weight excluding hydrogens is 287 g/mol. The second-order valence-corrected chi connectivity index (χ2v) is 6.02. The number of aryl methyl sites for hydroxylation is 1. The smallest absolute Gasteiger partial charge is 0.137 e. The van der Waals surface area contributed by atoms with Gasteiger partial charge in [0.15, 0.2) is 0 Å². The van der Waals surface area contributed by atoms with E-state index in [9.17, 15) is 9.50 Å². The molecule has 4 heteroatoms. The fourth-order valence-electron chi connectivity index (χ4n) is 2.18. The van der Waals surface area contributed by atoms with Gasteiger partial charge in [-0.05, 0) is 42.8 Å². The molecule has 2 nitrogen and oxygen atoms in total. The maximum absolute atomic E-state index is 12.8. The number of halogens is 1. The van der Waals surface area contributed by atoms with Crippen LogP contribution < -0.4 is 0 Å². The van der Waals surface area contributed by atoms with E-state index in [0.717, 1.165) is 21.4 Å². The van der Waals surface area contributed by atoms with Crippen molar-refractivity contribution < 1.29 is 13.9 Å². The first-order valence-electron chi connectivity index (χ1n) is 6.69. The van der Waals surface area contributed by atoms with Gasteiger partial charge in [0.2, 0.25) is 0 Å². The van der Waals surface area contributed by atoms with Crippen LogP contribution in [0, 0.1) is 12.7 Å². The van der Waals surface area contributed by atoms with Crippen molar-refractivity contribution in [1.82, 2.24) is 0 Å². The third-order valence-corrected chi connectivity index (χ3v) is 4.40. The minimum absolute atomic E-state index is 0.257. The second-order valence-electron chi connectivity index (χ2n) is 4.92. The van der Waals surface area contributed by atoms with Crippen LogP contribution in [0.2, 0.25) is 0 Å². The predicted molar refractivity (Wildman–Crippen MR) is 83.0 cm³/mol. The minimum atomic E-state index is -0.688. The van der Waals surface area contributed by atoms with E-state index in [0.29, 0.717) is 11.5 Å². The SMILES string of the molecule is Cc1cccc2cc(C(O)CSc3ccc(F)cc3)oc12. The summed E-state index contributed by atoms with van der Waals surface area (Å²) in [5.41, 5.74) is 1.87. The highest BCUT2D eigenvalue weighted by molar-refractivity contribution is 7.99. The first-order chi connectivity index (χ1) is 10.1. The number of thioether (sulfide) groups is 1. The average Bonchev–Trinajstić information content (AvgIpc) is 2.92. The van der Waals surface area contributed by atoms with Gasteiger partial charge in [-0.15, -0.1) is 11.8 Å². The lowest BCUT2D eigenvalue weighted by Gasteiger charge is -2.07. The summed E-state index contributed by atoms with van der Waals surface area (Å²) < 4.78 is 18.6. The van der Waals surface area contributed by atoms with Crippen molar-refractivity contribution in [3.8, 4) is 0 Å². The molecule has 2 aromatic carbocycles. The first-order valence-corrected chi connectivity index (χ1v) is 7.67. The number of fused-ring (bicyclic) bond motifs is 1. The molecule has 1 heterocycles. The number of aliphatic hydroxyl groups is 1. The van der Waals surface area contributed by atoms with E-state index >= 15 is 0 Å². The first kappa shape index (κ1) is 14.2. The minimum Gasteiger partial charge on any atom is -0.458 e. The van der Waals surface area contributed by atoms with E-state index in [4.69, 9.17) is 4.42 Å². The monoisotopic (exact) mass is 302 g/mol. The van der Waals surface area contributed by atoms with E-state index in [2.05, 4.69) is 0 Å². The van der Waals surface area contributed by atoms with Crippen molar-refractivity contribution in [2.24, 2.45) is 0 Å². The largest absolute Gasteiger partial charge is 0.458 e. The normalized spacial score (nSPS) is 12.7. The number of furan rings is 1. The van der Waals surface area contributed by atoms with Crippen molar-refractivity contribution in [1.29, 1.82) is 0 Å². The molecular formula is C17H15FO2S. The van der Waals surface area contributed by atoms with Crippen molar-refractivity contribution in [3.05, 3.63) is 65.7 Å². The molecule has 0 spiro atoms. The Labute approximate surface area is 126 Å². The summed E-state index contributed by atoms with van der Waals surface area (Å²) >= 11 is 1.47. The Kier molecular flexibility index (Phi) is 3.99. The Morgan fingerprint density at radius 1 is 1.19 bits per heavy atom. The maximum atomic E-state index is 12.8. The van der Waals surface area contributed by atoms with Crippen LogP contribution in [-0.2, 0) is 0 Å². The van der Waals surface area contributed by atoms with Crippen LogP contribution in [-0.4, -0.2) is 10.9 Å². The lowest BCUT2D eigenvalue weighted by atomic mass is 10.2. The van der Waals surface area contributed by atoms with E-state index < -0.39 is 6.10 Å². The van der Waals surface area contributed by atoms with Crippen molar-refractivity contribution >= 4 is 22.7 Å². The van der Waals surface area contributed by atoms with Crippen molar-refractivity contribution in [3.63, 3.8) is 0 Å². The number of aliphatic hydroxyl groups excluding tert-OH is 1. The Morgan fingerprint density at radius 3 is 2.67 bits per heavy atom. The molecule has 0 aliphatic carbocycles. The molecule has 1 atom stereocenters. The summed E-state index contributed by atoms with van der Waals surface area (Å²) in [5.74, 6) is 0.770. The molecule has 0 bridgehead atoms. The van der Waals surface area contributed by atoms with E-state index in [1.165, 1.54) is 23.9 Å². The zero-order chi connectivity index (χ0) is 14.8. The highest BCUT2D eigenvalue weighted by Gasteiger charge is 2.14. The fraction of sp³-hybridized carbons (Fsp3) is 0.176. The van der Waals surface area contributed by atoms with Crippen LogP contribution in [0.3, 0.4) is 0 Å². The summed E-state index contributed by atoms with van der Waals surface area (Å²) in [6, 6.07) is 14.0. The molecule has 0 fully saturated rings. The molecule has 0 saturated heterocycles. The number of hydrogen-bond acceptors (Lipinski definition) is 3. The van der Waals surface area contributed by atoms with Gasteiger partial charge in [0.05, 0.1) is 0 Å². The molecule has 0 aliphatic heterocycles. The molecule has 1 N–H and O–H groups in total. The third-order valence-electron chi connectivity index (χ3n) is 3.31. The van der Waals surface area contributed by atoms with Crippen molar-refractivity contribution in [2.75, 3.05) is 5.75 Å². The Hall–Kier alpha value is -1.78. The lowest BCUT2D eigenvalue weighted by Crippen LogP contribution is -1.98. The van der Waals surface area contributed by atoms with Crippen LogP contribution in [0.1, 0.15) is 17.4 Å². The molecule has 3 aromatic rings. The van der Waals surface area contributed by atoms with Gasteiger partial charge >= 0.3 is 0 Å². The molecule has 108 valence electrons. The molecule has 0 saturated carbocycles. The lowest BCUT2D eigenvalue weighted by molar-refractivity contribution is 0.176. The quantitative estimate of drug-likeness (QED) is 0.709. The predicted octanol–water partition coefficient (Wildman–Crippen LogP) is 4.71. The third kappa shape index (κ3) is 3.12.